The van der Waals surface area contributed by atoms with Gasteiger partial charge in [-0.2, -0.15) is 0 Å². The minimum atomic E-state index is -0.604. The molecular formula is C30H34N2O4S. The molecule has 0 spiro atoms. The number of carbonyl (C=O) groups is 1. The summed E-state index contributed by atoms with van der Waals surface area (Å²) in [5, 5.41) is 0. The number of hydrogen-bond acceptors (Lipinski definition) is 6. The first-order valence-electron chi connectivity index (χ1n) is 12.7. The fourth-order valence-corrected chi connectivity index (χ4v) is 5.60. The normalized spacial score (nSPS) is 15.5. The molecule has 0 radical (unpaired) electrons. The molecule has 4 rings (SSSR count). The molecule has 0 unspecified atom stereocenters. The SMILES string of the molecule is CCCC1=C(C(=O)OCC)[C@H](c2ccc(C(C)C)cc2)n2c(s/c(=C\c3ccc(C)c(OC)c3)c2=O)=N1. The molecule has 37 heavy (non-hydrogen) atoms. The van der Waals surface area contributed by atoms with Crippen molar-refractivity contribution in [3.63, 3.8) is 0 Å². The van der Waals surface area contributed by atoms with Gasteiger partial charge in [0.1, 0.15) is 5.75 Å². The van der Waals surface area contributed by atoms with Gasteiger partial charge in [-0.1, -0.05) is 74.9 Å². The minimum absolute atomic E-state index is 0.182. The van der Waals surface area contributed by atoms with Crippen LogP contribution in [0.3, 0.4) is 0 Å². The number of rotatable bonds is 8. The summed E-state index contributed by atoms with van der Waals surface area (Å²) in [6.07, 6.45) is 3.30. The third-order valence-electron chi connectivity index (χ3n) is 6.54. The zero-order valence-electron chi connectivity index (χ0n) is 22.3. The van der Waals surface area contributed by atoms with Gasteiger partial charge in [0.2, 0.25) is 0 Å². The summed E-state index contributed by atoms with van der Waals surface area (Å²) in [5.74, 6) is 0.711. The molecule has 2 aromatic carbocycles. The first kappa shape index (κ1) is 26.6. The first-order valence-corrected chi connectivity index (χ1v) is 13.6. The molecule has 0 saturated carbocycles. The van der Waals surface area contributed by atoms with Gasteiger partial charge in [-0.25, -0.2) is 9.79 Å². The Labute approximate surface area is 221 Å². The van der Waals surface area contributed by atoms with Gasteiger partial charge in [-0.05, 0) is 60.6 Å². The fraction of sp³-hybridized carbons (Fsp3) is 0.367. The molecule has 2 heterocycles. The molecule has 1 aliphatic rings. The highest BCUT2D eigenvalue weighted by Crippen LogP contribution is 2.33. The Morgan fingerprint density at radius 1 is 1.16 bits per heavy atom. The second-order valence-corrected chi connectivity index (χ2v) is 10.5. The van der Waals surface area contributed by atoms with E-state index in [0.29, 0.717) is 32.9 Å². The number of hydrogen-bond donors (Lipinski definition) is 0. The van der Waals surface area contributed by atoms with Crippen molar-refractivity contribution in [1.29, 1.82) is 0 Å². The van der Waals surface area contributed by atoms with E-state index in [4.69, 9.17) is 14.5 Å². The molecule has 7 heteroatoms. The number of aromatic nitrogens is 1. The third-order valence-corrected chi connectivity index (χ3v) is 7.52. The summed E-state index contributed by atoms with van der Waals surface area (Å²) in [6.45, 7) is 10.4. The van der Waals surface area contributed by atoms with Crippen LogP contribution in [0.1, 0.15) is 74.8 Å². The van der Waals surface area contributed by atoms with Crippen molar-refractivity contribution in [2.24, 2.45) is 4.99 Å². The highest BCUT2D eigenvalue weighted by molar-refractivity contribution is 7.07. The maximum Gasteiger partial charge on any atom is 0.338 e. The van der Waals surface area contributed by atoms with Gasteiger partial charge in [0.15, 0.2) is 4.80 Å². The van der Waals surface area contributed by atoms with E-state index >= 15 is 0 Å². The number of thiazole rings is 1. The topological polar surface area (TPSA) is 69.9 Å². The van der Waals surface area contributed by atoms with Crippen LogP contribution in [0.2, 0.25) is 0 Å². The molecule has 0 N–H and O–H groups in total. The van der Waals surface area contributed by atoms with Crippen LogP contribution in [0.5, 0.6) is 5.75 Å². The molecule has 3 aromatic rings. The molecule has 0 amide bonds. The number of benzene rings is 2. The number of carbonyl (C=O) groups excluding carboxylic acids is 1. The van der Waals surface area contributed by atoms with Crippen LogP contribution in [0.25, 0.3) is 6.08 Å². The van der Waals surface area contributed by atoms with E-state index in [2.05, 4.69) is 32.9 Å². The molecule has 194 valence electrons. The maximum atomic E-state index is 13.9. The lowest BCUT2D eigenvalue weighted by Gasteiger charge is -2.26. The van der Waals surface area contributed by atoms with Gasteiger partial charge in [-0.3, -0.25) is 9.36 Å². The van der Waals surface area contributed by atoms with E-state index in [1.165, 1.54) is 16.9 Å². The van der Waals surface area contributed by atoms with Crippen molar-refractivity contribution in [2.45, 2.75) is 59.4 Å². The smallest absolute Gasteiger partial charge is 0.338 e. The average Bonchev–Trinajstić information content (AvgIpc) is 3.19. The summed E-state index contributed by atoms with van der Waals surface area (Å²) in [7, 11) is 1.64. The van der Waals surface area contributed by atoms with Crippen molar-refractivity contribution in [3.05, 3.63) is 95.7 Å². The number of ether oxygens (including phenoxy) is 2. The van der Waals surface area contributed by atoms with Gasteiger partial charge >= 0.3 is 5.97 Å². The number of allylic oxidation sites excluding steroid dienone is 1. The quantitative estimate of drug-likeness (QED) is 0.393. The number of nitrogens with zero attached hydrogens (tertiary/aromatic N) is 2. The minimum Gasteiger partial charge on any atom is -0.496 e. The van der Waals surface area contributed by atoms with Crippen LogP contribution in [0.15, 0.2) is 63.5 Å². The number of aryl methyl sites for hydroxylation is 1. The van der Waals surface area contributed by atoms with Crippen molar-refractivity contribution in [2.75, 3.05) is 13.7 Å². The first-order chi connectivity index (χ1) is 17.8. The summed E-state index contributed by atoms with van der Waals surface area (Å²) in [5.41, 5.74) is 4.89. The van der Waals surface area contributed by atoms with Crippen molar-refractivity contribution >= 4 is 23.4 Å². The van der Waals surface area contributed by atoms with Crippen LogP contribution in [0.4, 0.5) is 0 Å². The largest absolute Gasteiger partial charge is 0.496 e. The molecule has 0 fully saturated rings. The van der Waals surface area contributed by atoms with E-state index < -0.39 is 12.0 Å². The monoisotopic (exact) mass is 518 g/mol. The average molecular weight is 519 g/mol. The van der Waals surface area contributed by atoms with Gasteiger partial charge in [-0.15, -0.1) is 0 Å². The third kappa shape index (κ3) is 5.32. The Bertz CT molecular complexity index is 1510. The Balaban J connectivity index is 1.96. The summed E-state index contributed by atoms with van der Waals surface area (Å²) >= 11 is 1.34. The predicted molar refractivity (Wildman–Crippen MR) is 148 cm³/mol. The van der Waals surface area contributed by atoms with Crippen LogP contribution in [0, 0.1) is 6.92 Å². The number of esters is 1. The molecule has 1 aromatic heterocycles. The molecule has 0 bridgehead atoms. The zero-order chi connectivity index (χ0) is 26.7. The van der Waals surface area contributed by atoms with Crippen LogP contribution in [-0.2, 0) is 9.53 Å². The van der Waals surface area contributed by atoms with Crippen molar-refractivity contribution in [3.8, 4) is 5.75 Å². The van der Waals surface area contributed by atoms with Crippen LogP contribution >= 0.6 is 11.3 Å². The van der Waals surface area contributed by atoms with E-state index in [1.807, 2.05) is 43.3 Å². The lowest BCUT2D eigenvalue weighted by Crippen LogP contribution is -2.40. The van der Waals surface area contributed by atoms with Crippen molar-refractivity contribution < 1.29 is 14.3 Å². The van der Waals surface area contributed by atoms with Gasteiger partial charge < -0.3 is 9.47 Å². The lowest BCUT2D eigenvalue weighted by molar-refractivity contribution is -0.139. The van der Waals surface area contributed by atoms with E-state index in [9.17, 15) is 9.59 Å². The fourth-order valence-electron chi connectivity index (χ4n) is 4.58. The summed E-state index contributed by atoms with van der Waals surface area (Å²) in [6, 6.07) is 13.4. The molecule has 1 aliphatic heterocycles. The molecule has 0 saturated heterocycles. The van der Waals surface area contributed by atoms with Gasteiger partial charge in [0, 0.05) is 0 Å². The standard InChI is InChI=1S/C30H34N2O4S/c1-7-9-23-26(29(34)36-8-2)27(22-14-12-21(13-15-22)18(3)4)32-28(33)25(37-30(32)31-23)17-20-11-10-19(5)24(16-20)35-6/h10-18,27H,7-9H2,1-6H3/b25-17-/t27-/m0/s1. The second-order valence-electron chi connectivity index (χ2n) is 9.46. The van der Waals surface area contributed by atoms with E-state index in [-0.39, 0.29) is 12.2 Å². The van der Waals surface area contributed by atoms with Crippen LogP contribution < -0.4 is 19.6 Å². The molecule has 1 atom stereocenters. The Hall–Kier alpha value is -3.45. The van der Waals surface area contributed by atoms with E-state index in [1.54, 1.807) is 18.6 Å². The van der Waals surface area contributed by atoms with Gasteiger partial charge in [0.05, 0.1) is 35.6 Å². The zero-order valence-corrected chi connectivity index (χ0v) is 23.1. The van der Waals surface area contributed by atoms with E-state index in [0.717, 1.165) is 28.9 Å². The number of fused-ring (bicyclic) bond motifs is 1. The predicted octanol–water partition coefficient (Wildman–Crippen LogP) is 5.02. The lowest BCUT2D eigenvalue weighted by atomic mass is 9.92. The molecule has 0 aliphatic carbocycles. The highest BCUT2D eigenvalue weighted by Gasteiger charge is 2.34. The van der Waals surface area contributed by atoms with Crippen molar-refractivity contribution in [1.82, 2.24) is 4.57 Å². The number of methoxy groups -OCH3 is 1. The van der Waals surface area contributed by atoms with Crippen LogP contribution in [-0.4, -0.2) is 24.3 Å². The Kier molecular flexibility index (Phi) is 8.13. The summed E-state index contributed by atoms with van der Waals surface area (Å²) in [4.78, 5) is 32.6. The molecular weight excluding hydrogens is 484 g/mol. The second kappa shape index (κ2) is 11.3. The highest BCUT2D eigenvalue weighted by atomic mass is 32.1. The Morgan fingerprint density at radius 2 is 1.89 bits per heavy atom. The maximum absolute atomic E-state index is 13.9. The Morgan fingerprint density at radius 3 is 2.51 bits per heavy atom. The molecule has 6 nitrogen and oxygen atoms in total. The summed E-state index contributed by atoms with van der Waals surface area (Å²) < 4.78 is 13.1. The van der Waals surface area contributed by atoms with Gasteiger partial charge in [0.25, 0.3) is 5.56 Å².